The molecule has 170 valence electrons. The molecule has 6 aromatic rings. The van der Waals surface area contributed by atoms with Crippen LogP contribution in [0.25, 0.3) is 33.3 Å². The van der Waals surface area contributed by atoms with Crippen molar-refractivity contribution >= 4 is 56.7 Å². The molecule has 0 saturated heterocycles. The molecule has 0 aliphatic rings. The number of aryl methyl sites for hydroxylation is 1. The third kappa shape index (κ3) is 3.87. The number of nitrogens with zero attached hydrogens (tertiary/aromatic N) is 6. The Morgan fingerprint density at radius 2 is 1.66 bits per heavy atom. The molecule has 0 amide bonds. The first-order valence-electron chi connectivity index (χ1n) is 10.8. The highest BCUT2D eigenvalue weighted by Crippen LogP contribution is 2.35. The van der Waals surface area contributed by atoms with Crippen LogP contribution in [0.5, 0.6) is 0 Å². The van der Waals surface area contributed by atoms with E-state index in [4.69, 9.17) is 11.6 Å². The van der Waals surface area contributed by atoms with Crippen molar-refractivity contribution in [2.75, 3.05) is 10.6 Å². The van der Waals surface area contributed by atoms with Crippen molar-refractivity contribution in [3.05, 3.63) is 84.3 Å². The molecule has 9 nitrogen and oxygen atoms in total. The SMILES string of the molecule is Cc1ccc2c(Nc3ccc(Cl)cc3)ncnc2c1Nc1ncccc1-c1ncnc2nc[nH]c12. The molecule has 2 aromatic carbocycles. The Bertz CT molecular complexity index is 1680. The highest BCUT2D eigenvalue weighted by Gasteiger charge is 2.16. The lowest BCUT2D eigenvalue weighted by Gasteiger charge is -2.16. The lowest BCUT2D eigenvalue weighted by Crippen LogP contribution is -2.03. The van der Waals surface area contributed by atoms with Gasteiger partial charge in [0, 0.05) is 27.9 Å². The summed E-state index contributed by atoms with van der Waals surface area (Å²) in [6, 6.07) is 15.3. The van der Waals surface area contributed by atoms with Gasteiger partial charge in [0.2, 0.25) is 0 Å². The fraction of sp³-hybridized carbons (Fsp3) is 0.0400. The van der Waals surface area contributed by atoms with Crippen LogP contribution in [-0.2, 0) is 0 Å². The van der Waals surface area contributed by atoms with Gasteiger partial charge in [0.25, 0.3) is 0 Å². The van der Waals surface area contributed by atoms with Crippen molar-refractivity contribution in [1.29, 1.82) is 0 Å². The highest BCUT2D eigenvalue weighted by atomic mass is 35.5. The Morgan fingerprint density at radius 1 is 0.800 bits per heavy atom. The Morgan fingerprint density at radius 3 is 2.54 bits per heavy atom. The normalized spacial score (nSPS) is 11.1. The molecule has 4 heterocycles. The number of fused-ring (bicyclic) bond motifs is 2. The van der Waals surface area contributed by atoms with E-state index in [2.05, 4.69) is 45.5 Å². The molecule has 0 aliphatic heterocycles. The fourth-order valence-electron chi connectivity index (χ4n) is 3.94. The molecule has 0 spiro atoms. The standard InChI is InChI=1S/C25H18ClN9/c1-14-4-9-18-20(28-11-31-24(18)34-16-7-5-15(26)6-8-16)19(14)35-23-17(3-2-10-27-23)21-22-25(32-12-29-21)33-13-30-22/h2-13H,1H3,(H,27,35)(H,28,31,34)(H,29,30,32,33). The molecule has 35 heavy (non-hydrogen) atoms. The average Bonchev–Trinajstić information content (AvgIpc) is 3.37. The molecule has 0 atom stereocenters. The van der Waals surface area contributed by atoms with Gasteiger partial charge in [-0.05, 0) is 55.0 Å². The Hall–Kier alpha value is -4.63. The fourth-order valence-corrected chi connectivity index (χ4v) is 4.07. The Balaban J connectivity index is 1.44. The molecular formula is C25H18ClN9. The predicted octanol–water partition coefficient (Wildman–Crippen LogP) is 5.81. The van der Waals surface area contributed by atoms with Gasteiger partial charge in [-0.3, -0.25) is 0 Å². The van der Waals surface area contributed by atoms with Crippen LogP contribution in [0.2, 0.25) is 5.02 Å². The number of aromatic nitrogens is 7. The van der Waals surface area contributed by atoms with Gasteiger partial charge in [0.15, 0.2) is 5.65 Å². The van der Waals surface area contributed by atoms with Gasteiger partial charge in [0.05, 0.1) is 17.5 Å². The number of rotatable bonds is 5. The van der Waals surface area contributed by atoms with E-state index in [1.165, 1.54) is 6.33 Å². The molecule has 0 saturated carbocycles. The van der Waals surface area contributed by atoms with Crippen molar-refractivity contribution in [3.8, 4) is 11.3 Å². The van der Waals surface area contributed by atoms with Gasteiger partial charge in [-0.15, -0.1) is 0 Å². The second-order valence-electron chi connectivity index (χ2n) is 7.86. The third-order valence-electron chi connectivity index (χ3n) is 5.65. The van der Waals surface area contributed by atoms with Crippen LogP contribution in [0.4, 0.5) is 23.0 Å². The summed E-state index contributed by atoms with van der Waals surface area (Å²) in [6.07, 6.45) is 6.39. The maximum absolute atomic E-state index is 6.03. The number of nitrogens with one attached hydrogen (secondary N) is 3. The first kappa shape index (κ1) is 20.9. The molecule has 0 fully saturated rings. The van der Waals surface area contributed by atoms with Crippen molar-refractivity contribution in [2.45, 2.75) is 6.92 Å². The van der Waals surface area contributed by atoms with Crippen molar-refractivity contribution in [2.24, 2.45) is 0 Å². The first-order chi connectivity index (χ1) is 17.2. The quantitative estimate of drug-likeness (QED) is 0.283. The van der Waals surface area contributed by atoms with Gasteiger partial charge < -0.3 is 15.6 Å². The van der Waals surface area contributed by atoms with Crippen molar-refractivity contribution in [3.63, 3.8) is 0 Å². The van der Waals surface area contributed by atoms with Gasteiger partial charge >= 0.3 is 0 Å². The summed E-state index contributed by atoms with van der Waals surface area (Å²) in [7, 11) is 0. The van der Waals surface area contributed by atoms with E-state index in [0.717, 1.165) is 38.9 Å². The topological polar surface area (TPSA) is 117 Å². The molecule has 0 unspecified atom stereocenters. The van der Waals surface area contributed by atoms with Crippen LogP contribution in [0.1, 0.15) is 5.56 Å². The highest BCUT2D eigenvalue weighted by molar-refractivity contribution is 6.30. The molecule has 0 radical (unpaired) electrons. The first-order valence-corrected chi connectivity index (χ1v) is 11.2. The van der Waals surface area contributed by atoms with Crippen LogP contribution < -0.4 is 10.6 Å². The predicted molar refractivity (Wildman–Crippen MR) is 137 cm³/mol. The number of imidazole rings is 1. The number of benzene rings is 2. The zero-order valence-corrected chi connectivity index (χ0v) is 19.2. The van der Waals surface area contributed by atoms with E-state index in [0.29, 0.717) is 28.0 Å². The second kappa shape index (κ2) is 8.62. The largest absolute Gasteiger partial charge is 0.341 e. The van der Waals surface area contributed by atoms with Crippen LogP contribution in [-0.4, -0.2) is 34.9 Å². The van der Waals surface area contributed by atoms with Crippen LogP contribution in [0, 0.1) is 6.92 Å². The van der Waals surface area contributed by atoms with E-state index in [9.17, 15) is 0 Å². The molecule has 6 rings (SSSR count). The summed E-state index contributed by atoms with van der Waals surface area (Å²) < 4.78 is 0. The molecule has 10 heteroatoms. The number of hydrogen-bond acceptors (Lipinski definition) is 8. The minimum atomic E-state index is 0.594. The number of hydrogen-bond donors (Lipinski definition) is 3. The second-order valence-corrected chi connectivity index (χ2v) is 8.29. The molecule has 4 aromatic heterocycles. The van der Waals surface area contributed by atoms with Gasteiger partial charge in [0.1, 0.15) is 35.5 Å². The van der Waals surface area contributed by atoms with E-state index in [1.54, 1.807) is 18.9 Å². The smallest absolute Gasteiger partial charge is 0.181 e. The molecule has 3 N–H and O–H groups in total. The van der Waals surface area contributed by atoms with Crippen molar-refractivity contribution in [1.82, 2.24) is 34.9 Å². The van der Waals surface area contributed by atoms with Crippen molar-refractivity contribution < 1.29 is 0 Å². The lowest BCUT2D eigenvalue weighted by molar-refractivity contribution is 1.19. The monoisotopic (exact) mass is 479 g/mol. The third-order valence-corrected chi connectivity index (χ3v) is 5.90. The summed E-state index contributed by atoms with van der Waals surface area (Å²) in [5.74, 6) is 1.33. The van der Waals surface area contributed by atoms with Crippen LogP contribution in [0.15, 0.2) is 73.7 Å². The number of pyridine rings is 1. The van der Waals surface area contributed by atoms with E-state index >= 15 is 0 Å². The van der Waals surface area contributed by atoms with Gasteiger partial charge in [-0.2, -0.15) is 0 Å². The summed E-state index contributed by atoms with van der Waals surface area (Å²) in [6.45, 7) is 2.02. The minimum absolute atomic E-state index is 0.594. The van der Waals surface area contributed by atoms with E-state index in [1.807, 2.05) is 55.5 Å². The Kier molecular flexibility index (Phi) is 5.16. The number of anilines is 4. The Labute approximate surface area is 204 Å². The van der Waals surface area contributed by atoms with Gasteiger partial charge in [-0.25, -0.2) is 29.9 Å². The van der Waals surface area contributed by atoms with Crippen LogP contribution in [0.3, 0.4) is 0 Å². The number of aromatic amines is 1. The maximum atomic E-state index is 6.03. The van der Waals surface area contributed by atoms with E-state index in [-0.39, 0.29) is 0 Å². The lowest BCUT2D eigenvalue weighted by atomic mass is 10.1. The maximum Gasteiger partial charge on any atom is 0.181 e. The van der Waals surface area contributed by atoms with Crippen LogP contribution >= 0.6 is 11.6 Å². The minimum Gasteiger partial charge on any atom is -0.341 e. The number of halogens is 1. The molecule has 0 bridgehead atoms. The summed E-state index contributed by atoms with van der Waals surface area (Å²) in [5, 5.41) is 8.39. The molecular weight excluding hydrogens is 462 g/mol. The summed E-state index contributed by atoms with van der Waals surface area (Å²) >= 11 is 6.03. The zero-order chi connectivity index (χ0) is 23.8. The summed E-state index contributed by atoms with van der Waals surface area (Å²) in [4.78, 5) is 29.8. The van der Waals surface area contributed by atoms with Gasteiger partial charge in [-0.1, -0.05) is 17.7 Å². The molecule has 0 aliphatic carbocycles. The number of H-pyrrole nitrogens is 1. The van der Waals surface area contributed by atoms with E-state index < -0.39 is 0 Å². The summed E-state index contributed by atoms with van der Waals surface area (Å²) in [5.41, 5.74) is 6.35. The zero-order valence-electron chi connectivity index (χ0n) is 18.5. The average molecular weight is 480 g/mol.